The fraction of sp³-hybridized carbons (Fsp3) is 0.938. The second-order valence-corrected chi connectivity index (χ2v) is 6.33. The highest BCUT2D eigenvalue weighted by Gasteiger charge is 2.29. The minimum Gasteiger partial charge on any atom is -0.379 e. The van der Waals surface area contributed by atoms with Gasteiger partial charge in [0.2, 0.25) is 0 Å². The molecule has 1 unspecified atom stereocenters. The van der Waals surface area contributed by atoms with E-state index in [1.807, 2.05) is 0 Å². The molecular formula is C16H33IN4O. The Bertz CT molecular complexity index is 339. The first-order chi connectivity index (χ1) is 10.2. The lowest BCUT2D eigenvalue weighted by molar-refractivity contribution is 0.00392. The zero-order chi connectivity index (χ0) is 15.2. The number of nitrogens with zero attached hydrogens (tertiary/aromatic N) is 3. The normalized spacial score (nSPS) is 21.5. The molecule has 1 saturated carbocycles. The van der Waals surface area contributed by atoms with E-state index in [2.05, 4.69) is 30.7 Å². The van der Waals surface area contributed by atoms with Crippen molar-refractivity contribution in [1.29, 1.82) is 0 Å². The van der Waals surface area contributed by atoms with Gasteiger partial charge in [-0.15, -0.1) is 24.0 Å². The monoisotopic (exact) mass is 424 g/mol. The van der Waals surface area contributed by atoms with Gasteiger partial charge in [0, 0.05) is 32.2 Å². The van der Waals surface area contributed by atoms with Gasteiger partial charge in [0.25, 0.3) is 0 Å². The van der Waals surface area contributed by atoms with Crippen LogP contribution in [0.4, 0.5) is 0 Å². The van der Waals surface area contributed by atoms with Crippen molar-refractivity contribution in [2.45, 2.75) is 51.6 Å². The fourth-order valence-electron chi connectivity index (χ4n) is 3.25. The molecule has 2 aliphatic rings. The maximum absolute atomic E-state index is 6.15. The molecule has 0 bridgehead atoms. The number of guanidine groups is 1. The number of hydrogen-bond donors (Lipinski definition) is 1. The summed E-state index contributed by atoms with van der Waals surface area (Å²) in [5.74, 6) is 1.40. The van der Waals surface area contributed by atoms with Gasteiger partial charge in [0.1, 0.15) is 0 Å². The second-order valence-electron chi connectivity index (χ2n) is 6.33. The Balaban J connectivity index is 0.00000242. The van der Waals surface area contributed by atoms with E-state index in [1.54, 1.807) is 0 Å². The predicted molar refractivity (Wildman–Crippen MR) is 103 cm³/mol. The molecule has 1 heterocycles. The molecule has 2 fully saturated rings. The van der Waals surface area contributed by atoms with E-state index in [9.17, 15) is 0 Å². The Morgan fingerprint density at radius 2 is 1.86 bits per heavy atom. The van der Waals surface area contributed by atoms with Crippen molar-refractivity contribution >= 4 is 29.9 Å². The number of nitrogens with two attached hydrogens (primary N) is 1. The molecule has 0 aromatic carbocycles. The third-order valence-electron chi connectivity index (χ3n) is 5.00. The van der Waals surface area contributed by atoms with Crippen molar-refractivity contribution in [3.05, 3.63) is 0 Å². The van der Waals surface area contributed by atoms with Crippen molar-refractivity contribution in [2.75, 3.05) is 39.9 Å². The Labute approximate surface area is 152 Å². The maximum atomic E-state index is 6.15. The Morgan fingerprint density at radius 3 is 2.36 bits per heavy atom. The van der Waals surface area contributed by atoms with Crippen molar-refractivity contribution in [3.8, 4) is 0 Å². The van der Waals surface area contributed by atoms with Gasteiger partial charge in [-0.25, -0.2) is 0 Å². The van der Waals surface area contributed by atoms with Gasteiger partial charge in [-0.2, -0.15) is 0 Å². The lowest BCUT2D eigenvalue weighted by Gasteiger charge is -2.38. The Morgan fingerprint density at radius 1 is 1.27 bits per heavy atom. The van der Waals surface area contributed by atoms with Crippen LogP contribution in [-0.2, 0) is 4.74 Å². The molecule has 0 amide bonds. The number of hydrogen-bond acceptors (Lipinski definition) is 3. The van der Waals surface area contributed by atoms with E-state index in [-0.39, 0.29) is 24.0 Å². The summed E-state index contributed by atoms with van der Waals surface area (Å²) in [4.78, 5) is 9.41. The predicted octanol–water partition coefficient (Wildman–Crippen LogP) is 2.15. The molecule has 1 atom stereocenters. The van der Waals surface area contributed by atoms with E-state index in [0.29, 0.717) is 24.0 Å². The van der Waals surface area contributed by atoms with Crippen LogP contribution in [0.5, 0.6) is 0 Å². The van der Waals surface area contributed by atoms with Crippen molar-refractivity contribution in [1.82, 2.24) is 9.80 Å². The topological polar surface area (TPSA) is 54.1 Å². The molecule has 22 heavy (non-hydrogen) atoms. The number of halogens is 1. The molecule has 1 aliphatic carbocycles. The van der Waals surface area contributed by atoms with E-state index >= 15 is 0 Å². The van der Waals surface area contributed by atoms with E-state index < -0.39 is 0 Å². The summed E-state index contributed by atoms with van der Waals surface area (Å²) in [6.07, 6.45) is 4.91. The quantitative estimate of drug-likeness (QED) is 0.387. The zero-order valence-electron chi connectivity index (χ0n) is 14.3. The summed E-state index contributed by atoms with van der Waals surface area (Å²) >= 11 is 0. The van der Waals surface area contributed by atoms with Crippen LogP contribution in [0.1, 0.15) is 39.5 Å². The Hall–Kier alpha value is -0.0800. The summed E-state index contributed by atoms with van der Waals surface area (Å²) < 4.78 is 5.49. The minimum absolute atomic E-state index is 0. The summed E-state index contributed by atoms with van der Waals surface area (Å²) in [5, 5.41) is 0. The van der Waals surface area contributed by atoms with Crippen LogP contribution < -0.4 is 5.73 Å². The third kappa shape index (κ3) is 5.53. The van der Waals surface area contributed by atoms with Crippen LogP contribution in [-0.4, -0.2) is 67.7 Å². The van der Waals surface area contributed by atoms with Crippen LogP contribution in [0.2, 0.25) is 0 Å². The average Bonchev–Trinajstić information content (AvgIpc) is 3.36. The number of morpholine rings is 1. The van der Waals surface area contributed by atoms with Gasteiger partial charge < -0.3 is 15.4 Å². The number of rotatable bonds is 7. The number of aliphatic imine (C=N–C) groups is 1. The largest absolute Gasteiger partial charge is 0.379 e. The van der Waals surface area contributed by atoms with E-state index in [1.165, 1.54) is 25.7 Å². The summed E-state index contributed by atoms with van der Waals surface area (Å²) in [5.41, 5.74) is 6.15. The molecule has 130 valence electrons. The molecular weight excluding hydrogens is 391 g/mol. The van der Waals surface area contributed by atoms with Gasteiger partial charge in [-0.05, 0) is 18.8 Å². The van der Waals surface area contributed by atoms with Crippen LogP contribution in [0.3, 0.4) is 0 Å². The van der Waals surface area contributed by atoms with E-state index in [0.717, 1.165) is 32.8 Å². The van der Waals surface area contributed by atoms with Crippen LogP contribution in [0.25, 0.3) is 0 Å². The smallest absolute Gasteiger partial charge is 0.191 e. The summed E-state index contributed by atoms with van der Waals surface area (Å²) in [6.45, 7) is 9.12. The highest BCUT2D eigenvalue weighted by atomic mass is 127. The molecule has 2 N–H and O–H groups in total. The number of ether oxygens (including phenoxy) is 1. The molecule has 0 aromatic rings. The maximum Gasteiger partial charge on any atom is 0.191 e. The van der Waals surface area contributed by atoms with Crippen molar-refractivity contribution in [3.63, 3.8) is 0 Å². The summed E-state index contributed by atoms with van der Waals surface area (Å²) in [6, 6.07) is 1.12. The van der Waals surface area contributed by atoms with Crippen LogP contribution in [0, 0.1) is 5.92 Å². The third-order valence-corrected chi connectivity index (χ3v) is 5.00. The fourth-order valence-corrected chi connectivity index (χ4v) is 3.25. The van der Waals surface area contributed by atoms with Gasteiger partial charge in [0.05, 0.1) is 19.8 Å². The average molecular weight is 424 g/mol. The zero-order valence-corrected chi connectivity index (χ0v) is 16.7. The van der Waals surface area contributed by atoms with Crippen LogP contribution >= 0.6 is 24.0 Å². The standard InChI is InChI=1S/C16H32N4O.HI/c1-4-13(5-2)15(20-8-10-21-11-9-20)12-18-16(17)19(3)14-6-7-14;/h13-15H,4-12H2,1-3H3,(H2,17,18);1H. The lowest BCUT2D eigenvalue weighted by atomic mass is 9.92. The first-order valence-corrected chi connectivity index (χ1v) is 8.51. The molecule has 2 rings (SSSR count). The van der Waals surface area contributed by atoms with Gasteiger partial charge >= 0.3 is 0 Å². The molecule has 0 aromatic heterocycles. The van der Waals surface area contributed by atoms with Crippen molar-refractivity contribution in [2.24, 2.45) is 16.6 Å². The van der Waals surface area contributed by atoms with Gasteiger partial charge in [0.15, 0.2) is 5.96 Å². The molecule has 6 heteroatoms. The molecule has 5 nitrogen and oxygen atoms in total. The molecule has 0 radical (unpaired) electrons. The highest BCUT2D eigenvalue weighted by Crippen LogP contribution is 2.25. The lowest BCUT2D eigenvalue weighted by Crippen LogP contribution is -2.49. The SMILES string of the molecule is CCC(CC)C(CN=C(N)N(C)C1CC1)N1CCOCC1.I. The summed E-state index contributed by atoms with van der Waals surface area (Å²) in [7, 11) is 2.07. The Kier molecular flexibility index (Phi) is 9.01. The molecule has 0 spiro atoms. The van der Waals surface area contributed by atoms with Gasteiger partial charge in [-0.1, -0.05) is 26.7 Å². The highest BCUT2D eigenvalue weighted by molar-refractivity contribution is 14.0. The minimum atomic E-state index is 0. The van der Waals surface area contributed by atoms with Gasteiger partial charge in [-0.3, -0.25) is 9.89 Å². The second kappa shape index (κ2) is 9.93. The molecule has 1 saturated heterocycles. The first-order valence-electron chi connectivity index (χ1n) is 8.51. The van der Waals surface area contributed by atoms with Crippen LogP contribution in [0.15, 0.2) is 4.99 Å². The molecule has 1 aliphatic heterocycles. The van der Waals surface area contributed by atoms with Crippen molar-refractivity contribution < 1.29 is 4.74 Å². The first kappa shape index (κ1) is 20.0. The van der Waals surface area contributed by atoms with E-state index in [4.69, 9.17) is 15.5 Å².